The second kappa shape index (κ2) is 5.78. The lowest BCUT2D eigenvalue weighted by Crippen LogP contribution is -2.40. The number of aromatic nitrogens is 2. The summed E-state index contributed by atoms with van der Waals surface area (Å²) in [5.41, 5.74) is 0. The molecule has 1 aliphatic heterocycles. The van der Waals surface area contributed by atoms with E-state index in [-0.39, 0.29) is 5.92 Å². The average Bonchev–Trinajstić information content (AvgIpc) is 2.88. The van der Waals surface area contributed by atoms with Gasteiger partial charge in [0.25, 0.3) is 0 Å². The third kappa shape index (κ3) is 2.84. The Morgan fingerprint density at radius 3 is 2.79 bits per heavy atom. The fraction of sp³-hybridized carbons (Fsp3) is 0.667. The van der Waals surface area contributed by atoms with Crippen molar-refractivity contribution in [2.45, 2.75) is 51.1 Å². The topological polar surface area (TPSA) is 46.1 Å². The summed E-state index contributed by atoms with van der Waals surface area (Å²) >= 11 is 0. The lowest BCUT2D eigenvalue weighted by molar-refractivity contribution is -0.126. The van der Waals surface area contributed by atoms with E-state index < -0.39 is 0 Å². The first-order valence-corrected chi connectivity index (χ1v) is 7.37. The highest BCUT2D eigenvalue weighted by Gasteiger charge is 2.36. The van der Waals surface area contributed by atoms with E-state index in [4.69, 9.17) is 0 Å². The van der Waals surface area contributed by atoms with E-state index in [1.165, 1.54) is 12.8 Å². The molecule has 102 valence electrons. The summed E-state index contributed by atoms with van der Waals surface area (Å²) in [6, 6.07) is 2.27. The predicted molar refractivity (Wildman–Crippen MR) is 72.4 cm³/mol. The summed E-state index contributed by atoms with van der Waals surface area (Å²) in [4.78, 5) is 23.1. The summed E-state index contributed by atoms with van der Waals surface area (Å²) in [5, 5.41) is 0. The van der Waals surface area contributed by atoms with E-state index in [2.05, 4.69) is 14.9 Å². The number of likely N-dealkylation sites (tertiary alicyclic amines) is 1. The van der Waals surface area contributed by atoms with Crippen molar-refractivity contribution in [1.29, 1.82) is 0 Å². The lowest BCUT2D eigenvalue weighted by Gasteiger charge is -2.32. The van der Waals surface area contributed by atoms with E-state index in [0.29, 0.717) is 11.8 Å². The van der Waals surface area contributed by atoms with Crippen LogP contribution in [-0.4, -0.2) is 33.2 Å². The van der Waals surface area contributed by atoms with Crippen LogP contribution < -0.4 is 0 Å². The second-order valence-corrected chi connectivity index (χ2v) is 5.66. The molecule has 2 unspecified atom stereocenters. The molecule has 0 spiro atoms. The molecule has 4 nitrogen and oxygen atoms in total. The van der Waals surface area contributed by atoms with Crippen molar-refractivity contribution in [3.8, 4) is 0 Å². The number of carbonyl (C=O) groups excluding carboxylic acids is 1. The molecule has 1 aromatic rings. The summed E-state index contributed by atoms with van der Waals surface area (Å²) in [7, 11) is 0. The van der Waals surface area contributed by atoms with Gasteiger partial charge in [-0.25, -0.2) is 9.97 Å². The summed E-state index contributed by atoms with van der Waals surface area (Å²) in [6.45, 7) is 1.86. The van der Waals surface area contributed by atoms with Gasteiger partial charge in [-0.3, -0.25) is 9.69 Å². The highest BCUT2D eigenvalue weighted by Crippen LogP contribution is 2.32. The van der Waals surface area contributed by atoms with Crippen LogP contribution >= 0.6 is 0 Å². The first kappa shape index (κ1) is 12.7. The number of Topliss-reactive ketones (excluding diaryl/α,β-unsaturated/α-hetero) is 1. The zero-order valence-electron chi connectivity index (χ0n) is 11.3. The van der Waals surface area contributed by atoms with Crippen molar-refractivity contribution in [1.82, 2.24) is 14.9 Å². The van der Waals surface area contributed by atoms with Crippen LogP contribution in [-0.2, 0) is 11.3 Å². The molecule has 0 aromatic carbocycles. The van der Waals surface area contributed by atoms with Gasteiger partial charge >= 0.3 is 0 Å². The van der Waals surface area contributed by atoms with Gasteiger partial charge in [-0.1, -0.05) is 6.42 Å². The van der Waals surface area contributed by atoms with Gasteiger partial charge in [-0.05, 0) is 38.3 Å². The maximum Gasteiger partial charge on any atom is 0.142 e. The second-order valence-electron chi connectivity index (χ2n) is 5.66. The minimum absolute atomic E-state index is 0.264. The Bertz CT molecular complexity index is 434. The first-order valence-electron chi connectivity index (χ1n) is 7.37. The van der Waals surface area contributed by atoms with E-state index >= 15 is 0 Å². The third-order valence-corrected chi connectivity index (χ3v) is 4.44. The number of ketones is 1. The monoisotopic (exact) mass is 259 g/mol. The molecule has 4 heteroatoms. The van der Waals surface area contributed by atoms with Gasteiger partial charge < -0.3 is 0 Å². The maximum absolute atomic E-state index is 12.1. The molecule has 1 aliphatic carbocycles. The molecule has 3 rings (SSSR count). The smallest absolute Gasteiger partial charge is 0.142 e. The van der Waals surface area contributed by atoms with Gasteiger partial charge in [0.1, 0.15) is 11.6 Å². The quantitative estimate of drug-likeness (QED) is 0.835. The fourth-order valence-corrected chi connectivity index (χ4v) is 3.51. The minimum atomic E-state index is 0.264. The van der Waals surface area contributed by atoms with Gasteiger partial charge in [0.05, 0.1) is 6.54 Å². The molecule has 0 amide bonds. The summed E-state index contributed by atoms with van der Waals surface area (Å²) in [5.74, 6) is 1.62. The average molecular weight is 259 g/mol. The predicted octanol–water partition coefficient (Wildman–Crippen LogP) is 2.20. The lowest BCUT2D eigenvalue weighted by atomic mass is 9.82. The summed E-state index contributed by atoms with van der Waals surface area (Å²) in [6.07, 6.45) is 10.1. The van der Waals surface area contributed by atoms with Crippen molar-refractivity contribution in [3.63, 3.8) is 0 Å². The SMILES string of the molecule is O=C1CCCCC1C1CCCN1Cc1ncccn1. The van der Waals surface area contributed by atoms with Crippen molar-refractivity contribution in [2.75, 3.05) is 6.54 Å². The molecule has 0 radical (unpaired) electrons. The number of hydrogen-bond donors (Lipinski definition) is 0. The molecule has 1 aromatic heterocycles. The highest BCUT2D eigenvalue weighted by molar-refractivity contribution is 5.82. The third-order valence-electron chi connectivity index (χ3n) is 4.44. The van der Waals surface area contributed by atoms with Crippen LogP contribution in [0, 0.1) is 5.92 Å². The van der Waals surface area contributed by atoms with Crippen molar-refractivity contribution in [2.24, 2.45) is 5.92 Å². The minimum Gasteiger partial charge on any atom is -0.299 e. The van der Waals surface area contributed by atoms with Crippen LogP contribution in [0.25, 0.3) is 0 Å². The van der Waals surface area contributed by atoms with Crippen LogP contribution in [0.2, 0.25) is 0 Å². The Morgan fingerprint density at radius 2 is 2.00 bits per heavy atom. The maximum atomic E-state index is 12.1. The fourth-order valence-electron chi connectivity index (χ4n) is 3.51. The molecule has 2 atom stereocenters. The standard InChI is InChI=1S/C15H21N3O/c19-14-7-2-1-5-12(14)13-6-3-10-18(13)11-15-16-8-4-9-17-15/h4,8-9,12-13H,1-3,5-7,10-11H2. The van der Waals surface area contributed by atoms with Gasteiger partial charge in [-0.2, -0.15) is 0 Å². The van der Waals surface area contributed by atoms with Gasteiger partial charge in [0, 0.05) is 30.8 Å². The largest absolute Gasteiger partial charge is 0.299 e. The van der Waals surface area contributed by atoms with E-state index in [1.54, 1.807) is 12.4 Å². The van der Waals surface area contributed by atoms with Crippen LogP contribution in [0.4, 0.5) is 0 Å². The van der Waals surface area contributed by atoms with Gasteiger partial charge in [0.15, 0.2) is 0 Å². The van der Waals surface area contributed by atoms with Crippen molar-refractivity contribution in [3.05, 3.63) is 24.3 Å². The zero-order chi connectivity index (χ0) is 13.1. The number of rotatable bonds is 3. The van der Waals surface area contributed by atoms with Crippen molar-refractivity contribution < 1.29 is 4.79 Å². The van der Waals surface area contributed by atoms with E-state index in [9.17, 15) is 4.79 Å². The van der Waals surface area contributed by atoms with Gasteiger partial charge in [-0.15, -0.1) is 0 Å². The van der Waals surface area contributed by atoms with E-state index in [0.717, 1.165) is 44.6 Å². The Kier molecular flexibility index (Phi) is 3.87. The van der Waals surface area contributed by atoms with Crippen LogP contribution in [0.1, 0.15) is 44.3 Å². The molecular weight excluding hydrogens is 238 g/mol. The number of hydrogen-bond acceptors (Lipinski definition) is 4. The number of carbonyl (C=O) groups is 1. The van der Waals surface area contributed by atoms with Gasteiger partial charge in [0.2, 0.25) is 0 Å². The molecule has 2 heterocycles. The molecular formula is C15H21N3O. The Labute approximate surface area is 114 Å². The van der Waals surface area contributed by atoms with Crippen molar-refractivity contribution >= 4 is 5.78 Å². The molecule has 1 saturated carbocycles. The molecule has 2 fully saturated rings. The molecule has 0 N–H and O–H groups in total. The number of nitrogens with zero attached hydrogens (tertiary/aromatic N) is 3. The highest BCUT2D eigenvalue weighted by atomic mass is 16.1. The van der Waals surface area contributed by atoms with Crippen LogP contribution in [0.5, 0.6) is 0 Å². The molecule has 19 heavy (non-hydrogen) atoms. The normalized spacial score (nSPS) is 28.7. The molecule has 1 saturated heterocycles. The Morgan fingerprint density at radius 1 is 1.16 bits per heavy atom. The van der Waals surface area contributed by atoms with Crippen LogP contribution in [0.15, 0.2) is 18.5 Å². The Balaban J connectivity index is 1.69. The van der Waals surface area contributed by atoms with E-state index in [1.807, 2.05) is 6.07 Å². The van der Waals surface area contributed by atoms with Crippen LogP contribution in [0.3, 0.4) is 0 Å². The first-order chi connectivity index (χ1) is 9.34. The molecule has 0 bridgehead atoms. The molecule has 2 aliphatic rings. The summed E-state index contributed by atoms with van der Waals surface area (Å²) < 4.78 is 0. The Hall–Kier alpha value is -1.29. The zero-order valence-corrected chi connectivity index (χ0v) is 11.3.